The van der Waals surface area contributed by atoms with Crippen molar-refractivity contribution in [3.05, 3.63) is 54.3 Å². The first-order chi connectivity index (χ1) is 9.07. The molecule has 0 heterocycles. The van der Waals surface area contributed by atoms with Crippen molar-refractivity contribution in [1.82, 2.24) is 5.32 Å². The van der Waals surface area contributed by atoms with Crippen molar-refractivity contribution in [2.45, 2.75) is 6.92 Å². The third-order valence-corrected chi connectivity index (χ3v) is 1.88. The predicted molar refractivity (Wildman–Crippen MR) is 78.9 cm³/mol. The molecule has 0 unspecified atom stereocenters. The van der Waals surface area contributed by atoms with Crippen LogP contribution in [-0.4, -0.2) is 26.1 Å². The van der Waals surface area contributed by atoms with Crippen LogP contribution in [0.15, 0.2) is 48.8 Å². The molecule has 2 N–H and O–H groups in total. The highest BCUT2D eigenvalue weighted by atomic mass is 16.5. The van der Waals surface area contributed by atoms with Gasteiger partial charge in [0, 0.05) is 6.08 Å². The Kier molecular flexibility index (Phi) is 8.66. The van der Waals surface area contributed by atoms with E-state index in [9.17, 15) is 4.79 Å². The number of nitrogens with one attached hydrogen (secondary N) is 2. The van der Waals surface area contributed by atoms with E-state index in [0.717, 1.165) is 5.56 Å². The van der Waals surface area contributed by atoms with E-state index in [0.29, 0.717) is 17.8 Å². The van der Waals surface area contributed by atoms with Gasteiger partial charge in [-0.15, -0.1) is 0 Å². The molecule has 1 aromatic rings. The van der Waals surface area contributed by atoms with E-state index in [1.54, 1.807) is 0 Å². The minimum atomic E-state index is -0.151. The quantitative estimate of drug-likeness (QED) is 0.370. The van der Waals surface area contributed by atoms with Gasteiger partial charge in [0.05, 0.1) is 5.71 Å². The highest BCUT2D eigenvalue weighted by Crippen LogP contribution is 2.15. The topological polar surface area (TPSA) is 62.2 Å². The Morgan fingerprint density at radius 2 is 1.84 bits per heavy atom. The number of ether oxygens (including phenoxy) is 1. The van der Waals surface area contributed by atoms with Gasteiger partial charge < -0.3 is 10.1 Å². The van der Waals surface area contributed by atoms with E-state index in [-0.39, 0.29) is 5.71 Å². The number of allylic oxidation sites excluding steroid dienone is 2. The lowest BCUT2D eigenvalue weighted by atomic mass is 10.2. The summed E-state index contributed by atoms with van der Waals surface area (Å²) in [6, 6.07) is 7.47. The molecule has 102 valence electrons. The van der Waals surface area contributed by atoms with Gasteiger partial charge in [0.2, 0.25) is 0 Å². The summed E-state index contributed by atoms with van der Waals surface area (Å²) in [7, 11) is 3.75. The molecule has 0 aliphatic carbocycles. The lowest BCUT2D eigenvalue weighted by Crippen LogP contribution is -1.98. The van der Waals surface area contributed by atoms with E-state index in [4.69, 9.17) is 10.1 Å². The van der Waals surface area contributed by atoms with E-state index in [2.05, 4.69) is 11.9 Å². The van der Waals surface area contributed by atoms with Gasteiger partial charge in [-0.3, -0.25) is 10.2 Å². The zero-order chi connectivity index (χ0) is 14.7. The molecule has 0 bridgehead atoms. The van der Waals surface area contributed by atoms with Gasteiger partial charge in [0.1, 0.15) is 11.5 Å². The molecule has 0 saturated carbocycles. The van der Waals surface area contributed by atoms with E-state index < -0.39 is 0 Å². The van der Waals surface area contributed by atoms with Gasteiger partial charge in [-0.05, 0) is 39.2 Å². The fourth-order valence-electron chi connectivity index (χ4n) is 1.06. The van der Waals surface area contributed by atoms with Crippen LogP contribution < -0.4 is 10.1 Å². The first kappa shape index (κ1) is 16.8. The summed E-state index contributed by atoms with van der Waals surface area (Å²) < 4.78 is 5.43. The molecule has 0 saturated heterocycles. The molecule has 0 spiro atoms. The standard InChI is InChI=1S/C13H13NO2.C2H7N/c1-3-12(8-11(14)9-15)16-13-6-4-10(2)5-7-13;1-3-2/h3-9,14H,1H2,2H3;3H,1-2H3/b12-8+,14-11?;. The number of rotatable bonds is 5. The van der Waals surface area contributed by atoms with Crippen molar-refractivity contribution in [3.63, 3.8) is 0 Å². The Hall–Kier alpha value is -2.20. The van der Waals surface area contributed by atoms with E-state index in [1.807, 2.05) is 45.3 Å². The maximum atomic E-state index is 10.3. The Labute approximate surface area is 114 Å². The van der Waals surface area contributed by atoms with Gasteiger partial charge in [-0.25, -0.2) is 0 Å². The number of aryl methyl sites for hydroxylation is 1. The summed E-state index contributed by atoms with van der Waals surface area (Å²) in [5, 5.41) is 9.95. The Balaban J connectivity index is 0.000000982. The molecule has 0 aromatic heterocycles. The number of hydrogen-bond donors (Lipinski definition) is 2. The third-order valence-electron chi connectivity index (χ3n) is 1.88. The molecular formula is C15H20N2O2. The largest absolute Gasteiger partial charge is 0.457 e. The van der Waals surface area contributed by atoms with Crippen LogP contribution in [0.5, 0.6) is 5.75 Å². The number of carbonyl (C=O) groups excluding carboxylic acids is 1. The van der Waals surface area contributed by atoms with E-state index >= 15 is 0 Å². The predicted octanol–water partition coefficient (Wildman–Crippen LogP) is 2.50. The van der Waals surface area contributed by atoms with Gasteiger partial charge >= 0.3 is 0 Å². The molecule has 0 fully saturated rings. The minimum absolute atomic E-state index is 0.151. The lowest BCUT2D eigenvalue weighted by molar-refractivity contribution is -0.102. The molecule has 19 heavy (non-hydrogen) atoms. The van der Waals surface area contributed by atoms with Crippen LogP contribution >= 0.6 is 0 Å². The van der Waals surface area contributed by atoms with Crippen molar-refractivity contribution in [2.75, 3.05) is 14.1 Å². The average Bonchev–Trinajstić information content (AvgIpc) is 2.41. The van der Waals surface area contributed by atoms with Crippen molar-refractivity contribution in [3.8, 4) is 5.75 Å². The normalized spacial score (nSPS) is 9.95. The van der Waals surface area contributed by atoms with Crippen molar-refractivity contribution in [2.24, 2.45) is 0 Å². The Bertz CT molecular complexity index is 448. The number of aldehydes is 1. The lowest BCUT2D eigenvalue weighted by Gasteiger charge is -2.05. The highest BCUT2D eigenvalue weighted by molar-refractivity contribution is 6.32. The minimum Gasteiger partial charge on any atom is -0.457 e. The van der Waals surface area contributed by atoms with Crippen molar-refractivity contribution >= 4 is 12.0 Å². The van der Waals surface area contributed by atoms with E-state index in [1.165, 1.54) is 12.2 Å². The third kappa shape index (κ3) is 7.68. The van der Waals surface area contributed by atoms with Crippen LogP contribution in [0.25, 0.3) is 0 Å². The Morgan fingerprint density at radius 3 is 2.26 bits per heavy atom. The first-order valence-corrected chi connectivity index (χ1v) is 5.78. The zero-order valence-corrected chi connectivity index (χ0v) is 11.6. The molecular weight excluding hydrogens is 240 g/mol. The second-order valence-electron chi connectivity index (χ2n) is 3.74. The molecule has 0 radical (unpaired) electrons. The first-order valence-electron chi connectivity index (χ1n) is 5.78. The smallest absolute Gasteiger partial charge is 0.167 e. The second kappa shape index (κ2) is 9.79. The van der Waals surface area contributed by atoms with Gasteiger partial charge in [0.25, 0.3) is 0 Å². The van der Waals surface area contributed by atoms with Crippen LogP contribution in [-0.2, 0) is 4.79 Å². The van der Waals surface area contributed by atoms with Crippen LogP contribution in [0.4, 0.5) is 0 Å². The van der Waals surface area contributed by atoms with Gasteiger partial charge in [-0.2, -0.15) is 0 Å². The molecule has 1 rings (SSSR count). The molecule has 0 aliphatic rings. The number of carbonyl (C=O) groups is 1. The van der Waals surface area contributed by atoms with Crippen LogP contribution in [0, 0.1) is 12.3 Å². The SMILES string of the molecule is C=C/C(=C\C(=N)C=O)Oc1ccc(C)cc1.CNC. The van der Waals surface area contributed by atoms with Crippen LogP contribution in [0.2, 0.25) is 0 Å². The van der Waals surface area contributed by atoms with Gasteiger partial charge in [0.15, 0.2) is 6.29 Å². The van der Waals surface area contributed by atoms with Crippen molar-refractivity contribution in [1.29, 1.82) is 5.41 Å². The zero-order valence-electron chi connectivity index (χ0n) is 11.6. The van der Waals surface area contributed by atoms with Crippen molar-refractivity contribution < 1.29 is 9.53 Å². The molecule has 4 nitrogen and oxygen atoms in total. The average molecular weight is 260 g/mol. The number of hydrogen-bond acceptors (Lipinski definition) is 4. The molecule has 0 amide bonds. The number of benzene rings is 1. The fourth-order valence-corrected chi connectivity index (χ4v) is 1.06. The maximum absolute atomic E-state index is 10.3. The monoisotopic (exact) mass is 260 g/mol. The summed E-state index contributed by atoms with van der Waals surface area (Å²) in [4.78, 5) is 10.3. The Morgan fingerprint density at radius 1 is 1.32 bits per heavy atom. The maximum Gasteiger partial charge on any atom is 0.167 e. The van der Waals surface area contributed by atoms with Crippen LogP contribution in [0.3, 0.4) is 0 Å². The summed E-state index contributed by atoms with van der Waals surface area (Å²) in [5.41, 5.74) is 0.985. The van der Waals surface area contributed by atoms with Crippen LogP contribution in [0.1, 0.15) is 5.56 Å². The summed E-state index contributed by atoms with van der Waals surface area (Å²) in [5.74, 6) is 1.02. The molecule has 0 aliphatic heterocycles. The summed E-state index contributed by atoms with van der Waals surface area (Å²) in [6.07, 6.45) is 3.22. The summed E-state index contributed by atoms with van der Waals surface area (Å²) in [6.45, 7) is 5.54. The molecule has 0 atom stereocenters. The molecule has 1 aromatic carbocycles. The van der Waals surface area contributed by atoms with Gasteiger partial charge in [-0.1, -0.05) is 24.3 Å². The second-order valence-corrected chi connectivity index (χ2v) is 3.74. The molecule has 4 heteroatoms. The highest BCUT2D eigenvalue weighted by Gasteiger charge is 1.98. The fraction of sp³-hybridized carbons (Fsp3) is 0.200. The summed E-state index contributed by atoms with van der Waals surface area (Å²) >= 11 is 0.